The first-order chi connectivity index (χ1) is 18.3. The summed E-state index contributed by atoms with van der Waals surface area (Å²) in [6.45, 7) is 0. The van der Waals surface area contributed by atoms with Crippen LogP contribution in [0.25, 0.3) is 51.6 Å². The lowest BCUT2D eigenvalue weighted by Crippen LogP contribution is -1.93. The van der Waals surface area contributed by atoms with Crippen molar-refractivity contribution in [2.45, 2.75) is 0 Å². The van der Waals surface area contributed by atoms with Gasteiger partial charge in [-0.15, -0.1) is 0 Å². The minimum Gasteiger partial charge on any atom is -0.255 e. The molecule has 0 spiro atoms. The molecule has 0 aliphatic heterocycles. The number of hydrogen-bond acceptors (Lipinski definition) is 4. The Morgan fingerprint density at radius 1 is 0.568 bits per heavy atom. The van der Waals surface area contributed by atoms with E-state index in [-0.39, 0.29) is 0 Å². The summed E-state index contributed by atoms with van der Waals surface area (Å²) in [7, 11) is 0. The van der Waals surface area contributed by atoms with E-state index >= 15 is 0 Å². The van der Waals surface area contributed by atoms with Crippen LogP contribution in [0.3, 0.4) is 0 Å². The maximum absolute atomic E-state index is 4.92. The molecule has 0 N–H and O–H groups in total. The van der Waals surface area contributed by atoms with Crippen LogP contribution >= 0.6 is 0 Å². The fourth-order valence-corrected chi connectivity index (χ4v) is 4.16. The molecule has 0 aliphatic rings. The summed E-state index contributed by atoms with van der Waals surface area (Å²) in [5.74, 6) is 0. The van der Waals surface area contributed by atoms with Gasteiger partial charge in [-0.25, -0.2) is 14.6 Å². The number of rotatable bonds is 6. The quantitative estimate of drug-likeness (QED) is 0.238. The van der Waals surface area contributed by atoms with Crippen LogP contribution in [0.4, 0.5) is 0 Å². The smallest absolute Gasteiger partial charge is 0.138 e. The monoisotopic (exact) mass is 477 g/mol. The molecule has 0 saturated heterocycles. The standard InChI is InChI=1S/C32H23N5/c1-2-6-27(7-3-1)31-20-28(21-32(36-31)30-8-4-5-19-34-30)26-15-11-24(12-16-26)9-10-25-13-17-29(18-14-25)37-23-33-22-35-37/h1-23H/b10-9+. The molecular formula is C32H23N5. The predicted octanol–water partition coefficient (Wildman–Crippen LogP) is 7.23. The average Bonchev–Trinajstić information content (AvgIpc) is 3.53. The van der Waals surface area contributed by atoms with Crippen molar-refractivity contribution < 1.29 is 0 Å². The lowest BCUT2D eigenvalue weighted by molar-refractivity contribution is 0.879. The summed E-state index contributed by atoms with van der Waals surface area (Å²) < 4.78 is 1.74. The average molecular weight is 478 g/mol. The van der Waals surface area contributed by atoms with Gasteiger partial charge in [0.05, 0.1) is 22.8 Å². The van der Waals surface area contributed by atoms with Gasteiger partial charge in [0, 0.05) is 11.8 Å². The van der Waals surface area contributed by atoms with Crippen LogP contribution in [0, 0.1) is 0 Å². The van der Waals surface area contributed by atoms with E-state index in [0.717, 1.165) is 50.6 Å². The maximum Gasteiger partial charge on any atom is 0.138 e. The van der Waals surface area contributed by atoms with Crippen molar-refractivity contribution in [2.75, 3.05) is 0 Å². The number of pyridine rings is 2. The van der Waals surface area contributed by atoms with Crippen molar-refractivity contribution in [3.05, 3.63) is 139 Å². The molecule has 5 nitrogen and oxygen atoms in total. The molecule has 176 valence electrons. The Balaban J connectivity index is 1.27. The topological polar surface area (TPSA) is 56.5 Å². The highest BCUT2D eigenvalue weighted by Crippen LogP contribution is 2.30. The Kier molecular flexibility index (Phi) is 6.16. The first kappa shape index (κ1) is 22.3. The van der Waals surface area contributed by atoms with Gasteiger partial charge in [-0.2, -0.15) is 5.10 Å². The SMILES string of the molecule is C(=C\c1ccc(-n2cncn2)cc1)/c1ccc(-c2cc(-c3ccccc3)nc(-c3ccccn3)c2)cc1. The van der Waals surface area contributed by atoms with Crippen LogP contribution in [0.15, 0.2) is 128 Å². The van der Waals surface area contributed by atoms with Crippen molar-refractivity contribution in [3.63, 3.8) is 0 Å². The van der Waals surface area contributed by atoms with E-state index in [1.807, 2.05) is 48.5 Å². The van der Waals surface area contributed by atoms with Crippen LogP contribution in [0.1, 0.15) is 11.1 Å². The molecule has 0 bridgehead atoms. The van der Waals surface area contributed by atoms with E-state index in [4.69, 9.17) is 4.98 Å². The third-order valence-corrected chi connectivity index (χ3v) is 6.11. The molecule has 0 radical (unpaired) electrons. The number of nitrogens with zero attached hydrogens (tertiary/aromatic N) is 5. The van der Waals surface area contributed by atoms with E-state index in [9.17, 15) is 0 Å². The van der Waals surface area contributed by atoms with Gasteiger partial charge in [0.25, 0.3) is 0 Å². The molecule has 3 aromatic carbocycles. The van der Waals surface area contributed by atoms with Gasteiger partial charge in [0.15, 0.2) is 0 Å². The summed E-state index contributed by atoms with van der Waals surface area (Å²) >= 11 is 0. The predicted molar refractivity (Wildman–Crippen MR) is 149 cm³/mol. The second-order valence-electron chi connectivity index (χ2n) is 8.59. The summed E-state index contributed by atoms with van der Waals surface area (Å²) in [5.41, 5.74) is 9.19. The third-order valence-electron chi connectivity index (χ3n) is 6.11. The molecular weight excluding hydrogens is 454 g/mol. The first-order valence-corrected chi connectivity index (χ1v) is 12.0. The fraction of sp³-hybridized carbons (Fsp3) is 0. The maximum atomic E-state index is 4.92. The fourth-order valence-electron chi connectivity index (χ4n) is 4.16. The molecule has 0 saturated carbocycles. The van der Waals surface area contributed by atoms with Crippen molar-refractivity contribution in [1.82, 2.24) is 24.7 Å². The minimum atomic E-state index is 0.857. The zero-order valence-corrected chi connectivity index (χ0v) is 20.0. The lowest BCUT2D eigenvalue weighted by Gasteiger charge is -2.10. The van der Waals surface area contributed by atoms with Gasteiger partial charge in [-0.3, -0.25) is 4.98 Å². The Labute approximate surface area is 215 Å². The normalized spacial score (nSPS) is 11.1. The highest BCUT2D eigenvalue weighted by molar-refractivity contribution is 5.77. The van der Waals surface area contributed by atoms with Crippen molar-refractivity contribution in [1.29, 1.82) is 0 Å². The highest BCUT2D eigenvalue weighted by atomic mass is 15.3. The van der Waals surface area contributed by atoms with Gasteiger partial charge >= 0.3 is 0 Å². The molecule has 3 aromatic heterocycles. The van der Waals surface area contributed by atoms with Crippen LogP contribution in [0.2, 0.25) is 0 Å². The molecule has 0 atom stereocenters. The van der Waals surface area contributed by atoms with Gasteiger partial charge in [0.2, 0.25) is 0 Å². The Morgan fingerprint density at radius 3 is 1.95 bits per heavy atom. The summed E-state index contributed by atoms with van der Waals surface area (Å²) in [5, 5.41) is 4.17. The molecule has 6 rings (SSSR count). The van der Waals surface area contributed by atoms with Crippen LogP contribution in [-0.4, -0.2) is 24.7 Å². The Hall–Kier alpha value is -5.16. The Morgan fingerprint density at radius 2 is 1.27 bits per heavy atom. The molecule has 37 heavy (non-hydrogen) atoms. The van der Waals surface area contributed by atoms with E-state index in [2.05, 4.69) is 87.9 Å². The van der Waals surface area contributed by atoms with Crippen LogP contribution < -0.4 is 0 Å². The van der Waals surface area contributed by atoms with Gasteiger partial charge in [-0.1, -0.05) is 84.9 Å². The number of aromatic nitrogens is 5. The minimum absolute atomic E-state index is 0.857. The molecule has 6 aromatic rings. The molecule has 0 aliphatic carbocycles. The number of hydrogen-bond donors (Lipinski definition) is 0. The largest absolute Gasteiger partial charge is 0.255 e. The van der Waals surface area contributed by atoms with Gasteiger partial charge in [0.1, 0.15) is 12.7 Å². The van der Waals surface area contributed by atoms with Crippen molar-refractivity contribution >= 4 is 12.2 Å². The highest BCUT2D eigenvalue weighted by Gasteiger charge is 2.09. The van der Waals surface area contributed by atoms with Crippen LogP contribution in [0.5, 0.6) is 0 Å². The molecule has 0 amide bonds. The number of benzene rings is 3. The first-order valence-electron chi connectivity index (χ1n) is 12.0. The van der Waals surface area contributed by atoms with E-state index in [0.29, 0.717) is 0 Å². The van der Waals surface area contributed by atoms with Gasteiger partial charge in [-0.05, 0) is 58.7 Å². The van der Waals surface area contributed by atoms with Crippen molar-refractivity contribution in [3.8, 4) is 39.5 Å². The van der Waals surface area contributed by atoms with Crippen LogP contribution in [-0.2, 0) is 0 Å². The van der Waals surface area contributed by atoms with Crippen molar-refractivity contribution in [2.24, 2.45) is 0 Å². The zero-order chi connectivity index (χ0) is 24.9. The molecule has 3 heterocycles. The van der Waals surface area contributed by atoms with E-state index in [1.165, 1.54) is 6.33 Å². The second kappa shape index (κ2) is 10.2. The molecule has 0 fully saturated rings. The summed E-state index contributed by atoms with van der Waals surface area (Å²) in [6.07, 6.45) is 9.26. The van der Waals surface area contributed by atoms with Gasteiger partial charge < -0.3 is 0 Å². The Bertz CT molecular complexity index is 1560. The lowest BCUT2D eigenvalue weighted by atomic mass is 10.00. The zero-order valence-electron chi connectivity index (χ0n) is 20.0. The van der Waals surface area contributed by atoms with E-state index in [1.54, 1.807) is 17.2 Å². The molecule has 0 unspecified atom stereocenters. The van der Waals surface area contributed by atoms with E-state index < -0.39 is 0 Å². The third kappa shape index (κ3) is 5.11. The second-order valence-corrected chi connectivity index (χ2v) is 8.59. The summed E-state index contributed by atoms with van der Waals surface area (Å²) in [6, 6.07) is 37.2. The molecule has 5 heteroatoms. The summed E-state index contributed by atoms with van der Waals surface area (Å²) in [4.78, 5) is 13.4.